The van der Waals surface area contributed by atoms with Gasteiger partial charge in [0, 0.05) is 16.3 Å². The molecule has 0 spiro atoms. The highest BCUT2D eigenvalue weighted by Crippen LogP contribution is 2.29. The van der Waals surface area contributed by atoms with Gasteiger partial charge in [-0.2, -0.15) is 0 Å². The van der Waals surface area contributed by atoms with Gasteiger partial charge < -0.3 is 5.32 Å². The Kier molecular flexibility index (Phi) is 4.63. The van der Waals surface area contributed by atoms with Gasteiger partial charge in [0.1, 0.15) is 0 Å². The third-order valence-electron chi connectivity index (χ3n) is 2.48. The summed E-state index contributed by atoms with van der Waals surface area (Å²) in [7, 11) is 0. The summed E-state index contributed by atoms with van der Waals surface area (Å²) in [5.41, 5.74) is 1.59. The van der Waals surface area contributed by atoms with Gasteiger partial charge in [0.05, 0.1) is 0 Å². The van der Waals surface area contributed by atoms with E-state index < -0.39 is 0 Å². The molecule has 2 rings (SSSR count). The lowest BCUT2D eigenvalue weighted by molar-refractivity contribution is 0.644. The van der Waals surface area contributed by atoms with Gasteiger partial charge in [0.15, 0.2) is 0 Å². The standard InChI is InChI=1S/C10H15NS.C2H6/c1-7-6-11-4-3-10-9(7)5-8(2)12-10;1-2/h5,7,11H,3-4,6H2,1-2H3;1-2H3. The van der Waals surface area contributed by atoms with Crippen molar-refractivity contribution in [1.29, 1.82) is 0 Å². The second kappa shape index (κ2) is 5.52. The van der Waals surface area contributed by atoms with Crippen LogP contribution in [0.3, 0.4) is 0 Å². The molecule has 0 amide bonds. The quantitative estimate of drug-likeness (QED) is 0.694. The maximum absolute atomic E-state index is 3.46. The van der Waals surface area contributed by atoms with Crippen LogP contribution in [0.25, 0.3) is 0 Å². The van der Waals surface area contributed by atoms with E-state index in [2.05, 4.69) is 25.2 Å². The fourth-order valence-electron chi connectivity index (χ4n) is 1.83. The third kappa shape index (κ3) is 2.58. The topological polar surface area (TPSA) is 12.0 Å². The zero-order chi connectivity index (χ0) is 10.6. The van der Waals surface area contributed by atoms with Gasteiger partial charge in [-0.05, 0) is 37.4 Å². The Bertz CT molecular complexity index is 278. The van der Waals surface area contributed by atoms with E-state index in [9.17, 15) is 0 Å². The summed E-state index contributed by atoms with van der Waals surface area (Å²) in [6.07, 6.45) is 1.22. The lowest BCUT2D eigenvalue weighted by Crippen LogP contribution is -2.18. The molecule has 1 atom stereocenters. The van der Waals surface area contributed by atoms with Gasteiger partial charge in [-0.1, -0.05) is 20.8 Å². The molecule has 1 aliphatic heterocycles. The monoisotopic (exact) mass is 211 g/mol. The number of nitrogens with one attached hydrogen (secondary N) is 1. The molecule has 1 N–H and O–H groups in total. The molecule has 1 aromatic heterocycles. The first-order valence-electron chi connectivity index (χ1n) is 5.57. The van der Waals surface area contributed by atoms with Crippen molar-refractivity contribution in [3.8, 4) is 0 Å². The summed E-state index contributed by atoms with van der Waals surface area (Å²) >= 11 is 1.97. The smallest absolute Gasteiger partial charge is 0.00958 e. The van der Waals surface area contributed by atoms with Crippen molar-refractivity contribution in [2.75, 3.05) is 13.1 Å². The number of hydrogen-bond donors (Lipinski definition) is 1. The SMILES string of the molecule is CC.Cc1cc2c(s1)CCNCC2C. The van der Waals surface area contributed by atoms with Crippen LogP contribution in [0.1, 0.15) is 42.0 Å². The van der Waals surface area contributed by atoms with Gasteiger partial charge in [-0.15, -0.1) is 11.3 Å². The van der Waals surface area contributed by atoms with Gasteiger partial charge in [0.25, 0.3) is 0 Å². The van der Waals surface area contributed by atoms with Crippen LogP contribution >= 0.6 is 11.3 Å². The van der Waals surface area contributed by atoms with Crippen molar-refractivity contribution in [3.05, 3.63) is 21.4 Å². The van der Waals surface area contributed by atoms with Gasteiger partial charge in [-0.25, -0.2) is 0 Å². The van der Waals surface area contributed by atoms with Gasteiger partial charge in [-0.3, -0.25) is 0 Å². The predicted molar refractivity (Wildman–Crippen MR) is 65.4 cm³/mol. The summed E-state index contributed by atoms with van der Waals surface area (Å²) in [5.74, 6) is 0.701. The Labute approximate surface area is 91.5 Å². The van der Waals surface area contributed by atoms with E-state index in [0.29, 0.717) is 5.92 Å². The predicted octanol–water partition coefficient (Wildman–Crippen LogP) is 3.33. The first-order valence-corrected chi connectivity index (χ1v) is 6.39. The molecule has 0 fully saturated rings. The maximum Gasteiger partial charge on any atom is 0.00958 e. The third-order valence-corrected chi connectivity index (χ3v) is 3.60. The summed E-state index contributed by atoms with van der Waals surface area (Å²) in [4.78, 5) is 3.07. The molecule has 0 saturated carbocycles. The number of rotatable bonds is 0. The molecule has 0 aromatic carbocycles. The highest BCUT2D eigenvalue weighted by Gasteiger charge is 2.16. The number of aryl methyl sites for hydroxylation is 1. The molecule has 14 heavy (non-hydrogen) atoms. The Hall–Kier alpha value is -0.340. The summed E-state index contributed by atoms with van der Waals surface area (Å²) in [6, 6.07) is 2.36. The highest BCUT2D eigenvalue weighted by atomic mass is 32.1. The molecule has 1 aromatic rings. The molecule has 0 saturated heterocycles. The largest absolute Gasteiger partial charge is 0.316 e. The molecule has 2 heterocycles. The van der Waals surface area contributed by atoms with E-state index in [1.165, 1.54) is 11.3 Å². The van der Waals surface area contributed by atoms with Crippen LogP contribution < -0.4 is 5.32 Å². The van der Waals surface area contributed by atoms with E-state index in [0.717, 1.165) is 13.1 Å². The molecule has 80 valence electrons. The average Bonchev–Trinajstić information content (AvgIpc) is 2.49. The highest BCUT2D eigenvalue weighted by molar-refractivity contribution is 7.12. The van der Waals surface area contributed by atoms with E-state index in [1.807, 2.05) is 25.2 Å². The normalized spacial score (nSPS) is 20.4. The summed E-state index contributed by atoms with van der Waals surface area (Å²) < 4.78 is 0. The fourth-order valence-corrected chi connectivity index (χ4v) is 2.98. The first kappa shape index (κ1) is 11.7. The molecule has 1 unspecified atom stereocenters. The second-order valence-electron chi connectivity index (χ2n) is 3.59. The van der Waals surface area contributed by atoms with Crippen LogP contribution in [0.2, 0.25) is 0 Å². The van der Waals surface area contributed by atoms with Crippen LogP contribution in [0.5, 0.6) is 0 Å². The minimum absolute atomic E-state index is 0.701. The van der Waals surface area contributed by atoms with E-state index in [1.54, 1.807) is 10.4 Å². The minimum Gasteiger partial charge on any atom is -0.316 e. The first-order chi connectivity index (χ1) is 6.77. The molecule has 0 radical (unpaired) electrons. The van der Waals surface area contributed by atoms with Crippen molar-refractivity contribution in [1.82, 2.24) is 5.32 Å². The summed E-state index contributed by atoms with van der Waals surface area (Å²) in [6.45, 7) is 10.8. The Morgan fingerprint density at radius 3 is 2.86 bits per heavy atom. The zero-order valence-electron chi connectivity index (χ0n) is 9.68. The molecular weight excluding hydrogens is 190 g/mol. The fraction of sp³-hybridized carbons (Fsp3) is 0.667. The van der Waals surface area contributed by atoms with Crippen molar-refractivity contribution < 1.29 is 0 Å². The second-order valence-corrected chi connectivity index (χ2v) is 4.93. The lowest BCUT2D eigenvalue weighted by Gasteiger charge is -2.06. The van der Waals surface area contributed by atoms with Crippen molar-refractivity contribution in [3.63, 3.8) is 0 Å². The van der Waals surface area contributed by atoms with Crippen LogP contribution in [0, 0.1) is 6.92 Å². The van der Waals surface area contributed by atoms with Gasteiger partial charge >= 0.3 is 0 Å². The number of thiophene rings is 1. The molecule has 1 aliphatic rings. The van der Waals surface area contributed by atoms with E-state index in [4.69, 9.17) is 0 Å². The number of hydrogen-bond acceptors (Lipinski definition) is 2. The number of fused-ring (bicyclic) bond motifs is 1. The van der Waals surface area contributed by atoms with Gasteiger partial charge in [0.2, 0.25) is 0 Å². The summed E-state index contributed by atoms with van der Waals surface area (Å²) in [5, 5.41) is 3.46. The van der Waals surface area contributed by atoms with E-state index >= 15 is 0 Å². The molecule has 0 aliphatic carbocycles. The Morgan fingerprint density at radius 2 is 2.14 bits per heavy atom. The van der Waals surface area contributed by atoms with E-state index in [-0.39, 0.29) is 0 Å². The maximum atomic E-state index is 3.46. The lowest BCUT2D eigenvalue weighted by atomic mass is 10.0. The zero-order valence-corrected chi connectivity index (χ0v) is 10.5. The van der Waals surface area contributed by atoms with Crippen molar-refractivity contribution >= 4 is 11.3 Å². The van der Waals surface area contributed by atoms with Crippen molar-refractivity contribution in [2.24, 2.45) is 0 Å². The minimum atomic E-state index is 0.701. The molecule has 2 heteroatoms. The van der Waals surface area contributed by atoms with Crippen LogP contribution in [-0.2, 0) is 6.42 Å². The average molecular weight is 211 g/mol. The molecule has 0 bridgehead atoms. The van der Waals surface area contributed by atoms with Crippen LogP contribution in [0.15, 0.2) is 6.07 Å². The van der Waals surface area contributed by atoms with Crippen molar-refractivity contribution in [2.45, 2.75) is 40.0 Å². The van der Waals surface area contributed by atoms with Crippen LogP contribution in [0.4, 0.5) is 0 Å². The van der Waals surface area contributed by atoms with Crippen LogP contribution in [-0.4, -0.2) is 13.1 Å². The Balaban J connectivity index is 0.000000461. The molecule has 1 nitrogen and oxygen atoms in total. The molecular formula is C12H21NS. The Morgan fingerprint density at radius 1 is 1.43 bits per heavy atom.